The number of nitrogens with one attached hydrogen (secondary N) is 1. The third kappa shape index (κ3) is 4.14. The summed E-state index contributed by atoms with van der Waals surface area (Å²) in [5.74, 6) is -0.0378. The quantitative estimate of drug-likeness (QED) is 0.637. The molecule has 27 heavy (non-hydrogen) atoms. The standard InChI is InChI=1S/C21H24ClFN4/c1-3-15-7-11-27(20(15)6-8-25-2)14-17-18(22)12-16(13-19(17)23)21(24)26-9-4-5-10-26/h3,6-8,11-13,24H,4-5,9-10,14H2,1-2H3/b15-3-,20-6+,24-21?,25-8+. The Morgan fingerprint density at radius 3 is 2.70 bits per heavy atom. The lowest BCUT2D eigenvalue weighted by molar-refractivity contribution is 0.516. The van der Waals surface area contributed by atoms with E-state index in [0.717, 1.165) is 36.5 Å². The van der Waals surface area contributed by atoms with Crippen molar-refractivity contribution in [3.05, 3.63) is 56.9 Å². The van der Waals surface area contributed by atoms with Crippen molar-refractivity contribution < 1.29 is 4.39 Å². The molecule has 1 aromatic heterocycles. The molecule has 3 rings (SSSR count). The van der Waals surface area contributed by atoms with Crippen molar-refractivity contribution in [2.75, 3.05) is 20.1 Å². The maximum atomic E-state index is 14.9. The lowest BCUT2D eigenvalue weighted by atomic mass is 10.1. The van der Waals surface area contributed by atoms with E-state index in [4.69, 9.17) is 17.0 Å². The van der Waals surface area contributed by atoms with Gasteiger partial charge in [0.1, 0.15) is 11.7 Å². The fourth-order valence-electron chi connectivity index (χ4n) is 3.41. The van der Waals surface area contributed by atoms with Gasteiger partial charge in [-0.05, 0) is 49.3 Å². The van der Waals surface area contributed by atoms with Gasteiger partial charge in [0.15, 0.2) is 0 Å². The number of benzene rings is 1. The summed E-state index contributed by atoms with van der Waals surface area (Å²) in [7, 11) is 1.71. The van der Waals surface area contributed by atoms with E-state index in [1.54, 1.807) is 19.3 Å². The highest BCUT2D eigenvalue weighted by Crippen LogP contribution is 2.24. The van der Waals surface area contributed by atoms with Crippen molar-refractivity contribution in [1.82, 2.24) is 9.47 Å². The maximum Gasteiger partial charge on any atom is 0.130 e. The van der Waals surface area contributed by atoms with Gasteiger partial charge in [0, 0.05) is 54.0 Å². The van der Waals surface area contributed by atoms with E-state index in [1.807, 2.05) is 40.8 Å². The number of hydrogen-bond donors (Lipinski definition) is 1. The fourth-order valence-corrected chi connectivity index (χ4v) is 3.67. The molecule has 1 fully saturated rings. The number of rotatable bonds is 4. The third-order valence-corrected chi connectivity index (χ3v) is 5.23. The molecule has 0 aliphatic carbocycles. The zero-order valence-corrected chi connectivity index (χ0v) is 16.4. The summed E-state index contributed by atoms with van der Waals surface area (Å²) in [6.45, 7) is 3.97. The van der Waals surface area contributed by atoms with Crippen LogP contribution >= 0.6 is 11.6 Å². The zero-order chi connectivity index (χ0) is 19.4. The van der Waals surface area contributed by atoms with Crippen LogP contribution in [0.3, 0.4) is 0 Å². The van der Waals surface area contributed by atoms with Crippen LogP contribution in [0.5, 0.6) is 0 Å². The van der Waals surface area contributed by atoms with E-state index in [-0.39, 0.29) is 5.82 Å². The molecular formula is C21H24ClFN4. The minimum atomic E-state index is -0.382. The summed E-state index contributed by atoms with van der Waals surface area (Å²) in [5, 5.41) is 10.7. The minimum Gasteiger partial charge on any atom is -0.357 e. The van der Waals surface area contributed by atoms with Crippen molar-refractivity contribution in [3.8, 4) is 0 Å². The minimum absolute atomic E-state index is 0.319. The number of amidine groups is 1. The van der Waals surface area contributed by atoms with Crippen LogP contribution in [0.15, 0.2) is 29.4 Å². The zero-order valence-electron chi connectivity index (χ0n) is 15.7. The average molecular weight is 387 g/mol. The Labute approximate surface area is 163 Å². The fraction of sp³-hybridized carbons (Fsp3) is 0.333. The van der Waals surface area contributed by atoms with Gasteiger partial charge < -0.3 is 9.47 Å². The normalized spacial score (nSPS) is 16.1. The number of aliphatic imine (C=N–C) groups is 1. The average Bonchev–Trinajstić information content (AvgIpc) is 3.31. The van der Waals surface area contributed by atoms with Crippen molar-refractivity contribution in [2.45, 2.75) is 26.3 Å². The first-order valence-electron chi connectivity index (χ1n) is 9.11. The molecule has 1 aromatic carbocycles. The summed E-state index contributed by atoms with van der Waals surface area (Å²) in [5.41, 5.74) is 0.958. The molecule has 1 aliphatic rings. The lowest BCUT2D eigenvalue weighted by Gasteiger charge is -2.19. The first-order chi connectivity index (χ1) is 13.0. The molecule has 0 saturated carbocycles. The Morgan fingerprint density at radius 1 is 1.33 bits per heavy atom. The van der Waals surface area contributed by atoms with E-state index in [9.17, 15) is 4.39 Å². The van der Waals surface area contributed by atoms with Crippen molar-refractivity contribution in [3.63, 3.8) is 0 Å². The van der Waals surface area contributed by atoms with Crippen LogP contribution in [0.2, 0.25) is 5.02 Å². The Hall–Kier alpha value is -2.40. The Morgan fingerprint density at radius 2 is 2.07 bits per heavy atom. The number of halogens is 2. The molecule has 2 heterocycles. The Kier molecular flexibility index (Phi) is 6.11. The Balaban J connectivity index is 1.95. The predicted octanol–water partition coefficient (Wildman–Crippen LogP) is 3.03. The molecule has 0 amide bonds. The van der Waals surface area contributed by atoms with E-state index < -0.39 is 0 Å². The number of nitrogens with zero attached hydrogens (tertiary/aromatic N) is 3. The number of aromatic nitrogens is 1. The summed E-state index contributed by atoms with van der Waals surface area (Å²) in [6, 6.07) is 5.11. The molecule has 0 radical (unpaired) electrons. The highest BCUT2D eigenvalue weighted by atomic mass is 35.5. The highest BCUT2D eigenvalue weighted by Gasteiger charge is 2.19. The second-order valence-corrected chi connectivity index (χ2v) is 7.02. The van der Waals surface area contributed by atoms with Gasteiger partial charge in [-0.2, -0.15) is 0 Å². The molecule has 0 bridgehead atoms. The lowest BCUT2D eigenvalue weighted by Crippen LogP contribution is -2.30. The maximum absolute atomic E-state index is 14.9. The van der Waals surface area contributed by atoms with Gasteiger partial charge in [-0.3, -0.25) is 10.4 Å². The molecule has 0 spiro atoms. The number of hydrogen-bond acceptors (Lipinski definition) is 2. The van der Waals surface area contributed by atoms with Crippen LogP contribution in [-0.2, 0) is 6.54 Å². The van der Waals surface area contributed by atoms with Crippen LogP contribution in [0.1, 0.15) is 30.9 Å². The SMILES string of the molecule is C/C=c1/ccn(Cc2c(F)cc(C(=N)N3CCCC3)cc2Cl)/c1=C/C=N/C. The van der Waals surface area contributed by atoms with Crippen molar-refractivity contribution in [1.29, 1.82) is 5.41 Å². The molecule has 2 aromatic rings. The van der Waals surface area contributed by atoms with Gasteiger partial charge in [0.05, 0.1) is 6.54 Å². The summed E-state index contributed by atoms with van der Waals surface area (Å²) in [4.78, 5) is 5.97. The molecule has 0 atom stereocenters. The van der Waals surface area contributed by atoms with Gasteiger partial charge in [0.25, 0.3) is 0 Å². The van der Waals surface area contributed by atoms with E-state index in [0.29, 0.717) is 28.5 Å². The first-order valence-corrected chi connectivity index (χ1v) is 9.48. The van der Waals surface area contributed by atoms with Gasteiger partial charge in [-0.1, -0.05) is 17.7 Å². The van der Waals surface area contributed by atoms with Crippen LogP contribution in [0.25, 0.3) is 12.2 Å². The molecule has 1 N–H and O–H groups in total. The smallest absolute Gasteiger partial charge is 0.130 e. The second-order valence-electron chi connectivity index (χ2n) is 6.61. The van der Waals surface area contributed by atoms with Gasteiger partial charge in [-0.25, -0.2) is 4.39 Å². The Bertz CT molecular complexity index is 961. The van der Waals surface area contributed by atoms with Crippen LogP contribution in [0.4, 0.5) is 4.39 Å². The highest BCUT2D eigenvalue weighted by molar-refractivity contribution is 6.31. The third-order valence-electron chi connectivity index (χ3n) is 4.90. The molecule has 142 valence electrons. The van der Waals surface area contributed by atoms with E-state index in [2.05, 4.69) is 4.99 Å². The van der Waals surface area contributed by atoms with Gasteiger partial charge in [-0.15, -0.1) is 0 Å². The molecule has 6 heteroatoms. The summed E-state index contributed by atoms with van der Waals surface area (Å²) < 4.78 is 16.8. The summed E-state index contributed by atoms with van der Waals surface area (Å²) >= 11 is 6.42. The van der Waals surface area contributed by atoms with Gasteiger partial charge in [0.2, 0.25) is 0 Å². The molecule has 4 nitrogen and oxygen atoms in total. The van der Waals surface area contributed by atoms with Crippen LogP contribution in [0, 0.1) is 11.2 Å². The first kappa shape index (κ1) is 19.4. The predicted molar refractivity (Wildman–Crippen MR) is 111 cm³/mol. The van der Waals surface area contributed by atoms with Crippen LogP contribution in [-0.4, -0.2) is 41.7 Å². The van der Waals surface area contributed by atoms with Crippen molar-refractivity contribution >= 4 is 35.8 Å². The molecule has 0 unspecified atom stereocenters. The monoisotopic (exact) mass is 386 g/mol. The van der Waals surface area contributed by atoms with Gasteiger partial charge >= 0.3 is 0 Å². The topological polar surface area (TPSA) is 44.4 Å². The van der Waals surface area contributed by atoms with Crippen molar-refractivity contribution in [2.24, 2.45) is 4.99 Å². The molecule has 1 saturated heterocycles. The largest absolute Gasteiger partial charge is 0.357 e. The van der Waals surface area contributed by atoms with Crippen LogP contribution < -0.4 is 10.6 Å². The number of likely N-dealkylation sites (tertiary alicyclic amines) is 1. The van der Waals surface area contributed by atoms with E-state index >= 15 is 0 Å². The molecule has 1 aliphatic heterocycles. The summed E-state index contributed by atoms with van der Waals surface area (Å²) in [6.07, 6.45) is 9.68. The molecular weight excluding hydrogens is 363 g/mol. The van der Waals surface area contributed by atoms with E-state index in [1.165, 1.54) is 6.07 Å². The second kappa shape index (κ2) is 8.53.